The van der Waals surface area contributed by atoms with Crippen LogP contribution in [0.15, 0.2) is 71.8 Å². The number of aryl methyl sites for hydroxylation is 1. The normalized spacial score (nSPS) is 10.8. The van der Waals surface area contributed by atoms with E-state index in [2.05, 4.69) is 29.6 Å². The highest BCUT2D eigenvalue weighted by atomic mass is 35.5. The number of hydrazone groups is 1. The second-order valence-corrected chi connectivity index (χ2v) is 7.26. The minimum Gasteiger partial charge on any atom is -0.489 e. The summed E-state index contributed by atoms with van der Waals surface area (Å²) in [5.74, 6) is 0.674. The van der Waals surface area contributed by atoms with Gasteiger partial charge in [0.2, 0.25) is 0 Å². The van der Waals surface area contributed by atoms with Gasteiger partial charge < -0.3 is 9.47 Å². The van der Waals surface area contributed by atoms with Gasteiger partial charge in [0.1, 0.15) is 23.1 Å². The van der Waals surface area contributed by atoms with E-state index in [9.17, 15) is 4.79 Å². The standard InChI is InChI=1S/C23H20Cl2N2O3/c1-16-5-7-18(8-6-16)14-29-19-11-9-17(10-12-19)13-26-27-22(28)15-30-21-4-2-3-20(24)23(21)25/h2-13H,14-15H2,1H3,(H,27,28)/b26-13+. The zero-order valence-electron chi connectivity index (χ0n) is 16.3. The fourth-order valence-electron chi connectivity index (χ4n) is 2.45. The topological polar surface area (TPSA) is 59.9 Å². The van der Waals surface area contributed by atoms with Crippen LogP contribution in [0.3, 0.4) is 0 Å². The van der Waals surface area contributed by atoms with Crippen LogP contribution in [0.2, 0.25) is 10.0 Å². The molecule has 3 aromatic carbocycles. The third-order valence-electron chi connectivity index (χ3n) is 4.08. The number of amides is 1. The van der Waals surface area contributed by atoms with Gasteiger partial charge in [-0.1, -0.05) is 59.1 Å². The summed E-state index contributed by atoms with van der Waals surface area (Å²) in [4.78, 5) is 11.9. The van der Waals surface area contributed by atoms with E-state index in [0.29, 0.717) is 17.4 Å². The van der Waals surface area contributed by atoms with Crippen molar-refractivity contribution in [3.8, 4) is 11.5 Å². The van der Waals surface area contributed by atoms with Crippen LogP contribution < -0.4 is 14.9 Å². The SMILES string of the molecule is Cc1ccc(COc2ccc(/C=N/NC(=O)COc3cccc(Cl)c3Cl)cc2)cc1. The Morgan fingerprint density at radius 2 is 1.73 bits per heavy atom. The van der Waals surface area contributed by atoms with Crippen LogP contribution in [-0.4, -0.2) is 18.7 Å². The van der Waals surface area contributed by atoms with Crippen LogP contribution >= 0.6 is 23.2 Å². The number of nitrogens with one attached hydrogen (secondary N) is 1. The maximum atomic E-state index is 11.9. The Morgan fingerprint density at radius 3 is 2.47 bits per heavy atom. The molecule has 0 atom stereocenters. The molecule has 0 bridgehead atoms. The van der Waals surface area contributed by atoms with Crippen molar-refractivity contribution in [3.63, 3.8) is 0 Å². The maximum Gasteiger partial charge on any atom is 0.277 e. The van der Waals surface area contributed by atoms with E-state index in [1.807, 2.05) is 36.4 Å². The number of hydrogen-bond acceptors (Lipinski definition) is 4. The molecule has 3 rings (SSSR count). The molecule has 0 radical (unpaired) electrons. The van der Waals surface area contributed by atoms with Crippen molar-refractivity contribution in [2.24, 2.45) is 5.10 Å². The largest absolute Gasteiger partial charge is 0.489 e. The van der Waals surface area contributed by atoms with E-state index in [1.54, 1.807) is 18.2 Å². The van der Waals surface area contributed by atoms with Gasteiger partial charge in [0, 0.05) is 0 Å². The van der Waals surface area contributed by atoms with Crippen molar-refractivity contribution in [1.29, 1.82) is 0 Å². The van der Waals surface area contributed by atoms with Gasteiger partial charge >= 0.3 is 0 Å². The third-order valence-corrected chi connectivity index (χ3v) is 4.89. The molecule has 0 unspecified atom stereocenters. The third kappa shape index (κ3) is 6.51. The van der Waals surface area contributed by atoms with Crippen molar-refractivity contribution < 1.29 is 14.3 Å². The summed E-state index contributed by atoms with van der Waals surface area (Å²) in [5.41, 5.74) is 5.54. The van der Waals surface area contributed by atoms with Crippen molar-refractivity contribution in [3.05, 3.63) is 93.5 Å². The van der Waals surface area contributed by atoms with Crippen LogP contribution in [0.25, 0.3) is 0 Å². The fourth-order valence-corrected chi connectivity index (χ4v) is 2.80. The molecule has 0 saturated carbocycles. The summed E-state index contributed by atoms with van der Waals surface area (Å²) in [6.07, 6.45) is 1.54. The molecule has 1 N–H and O–H groups in total. The van der Waals surface area contributed by atoms with E-state index in [0.717, 1.165) is 16.9 Å². The predicted molar refractivity (Wildman–Crippen MR) is 120 cm³/mol. The van der Waals surface area contributed by atoms with E-state index < -0.39 is 5.91 Å². The predicted octanol–water partition coefficient (Wildman–Crippen LogP) is 5.41. The van der Waals surface area contributed by atoms with Crippen molar-refractivity contribution in [2.45, 2.75) is 13.5 Å². The number of halogens is 2. The van der Waals surface area contributed by atoms with Gasteiger partial charge in [0.05, 0.1) is 11.2 Å². The highest BCUT2D eigenvalue weighted by Crippen LogP contribution is 2.31. The van der Waals surface area contributed by atoms with Gasteiger partial charge in [0.25, 0.3) is 5.91 Å². The molecular formula is C23H20Cl2N2O3. The molecular weight excluding hydrogens is 423 g/mol. The Kier molecular flexibility index (Phi) is 7.71. The molecule has 30 heavy (non-hydrogen) atoms. The van der Waals surface area contributed by atoms with Gasteiger partial charge in [-0.3, -0.25) is 4.79 Å². The molecule has 7 heteroatoms. The quantitative estimate of drug-likeness (QED) is 0.374. The van der Waals surface area contributed by atoms with E-state index in [1.165, 1.54) is 11.8 Å². The van der Waals surface area contributed by atoms with Crippen molar-refractivity contribution in [2.75, 3.05) is 6.61 Å². The number of rotatable bonds is 8. The van der Waals surface area contributed by atoms with Gasteiger partial charge in [-0.05, 0) is 54.4 Å². The molecule has 0 aliphatic carbocycles. The molecule has 3 aromatic rings. The molecule has 154 valence electrons. The minimum absolute atomic E-state index is 0.233. The van der Waals surface area contributed by atoms with Crippen LogP contribution in [0.1, 0.15) is 16.7 Å². The average Bonchev–Trinajstić information content (AvgIpc) is 2.75. The lowest BCUT2D eigenvalue weighted by Crippen LogP contribution is -2.24. The van der Waals surface area contributed by atoms with Crippen molar-refractivity contribution in [1.82, 2.24) is 5.43 Å². The smallest absolute Gasteiger partial charge is 0.277 e. The highest BCUT2D eigenvalue weighted by molar-refractivity contribution is 6.42. The summed E-state index contributed by atoms with van der Waals surface area (Å²) in [5, 5.41) is 4.54. The number of nitrogens with zero attached hydrogens (tertiary/aromatic N) is 1. The Bertz CT molecular complexity index is 1020. The van der Waals surface area contributed by atoms with Crippen LogP contribution in [0.5, 0.6) is 11.5 Å². The first kappa shape index (κ1) is 21.7. The van der Waals surface area contributed by atoms with Gasteiger partial charge in [-0.2, -0.15) is 5.10 Å². The van der Waals surface area contributed by atoms with Crippen molar-refractivity contribution >= 4 is 35.3 Å². The Morgan fingerprint density at radius 1 is 1.00 bits per heavy atom. The number of benzene rings is 3. The zero-order valence-corrected chi connectivity index (χ0v) is 17.8. The second kappa shape index (κ2) is 10.7. The lowest BCUT2D eigenvalue weighted by Gasteiger charge is -2.07. The average molecular weight is 443 g/mol. The first-order chi connectivity index (χ1) is 14.5. The summed E-state index contributed by atoms with van der Waals surface area (Å²) in [6, 6.07) is 20.6. The van der Waals surface area contributed by atoms with Crippen LogP contribution in [0, 0.1) is 6.92 Å². The second-order valence-electron chi connectivity index (χ2n) is 6.48. The van der Waals surface area contributed by atoms with Gasteiger partial charge in [-0.15, -0.1) is 0 Å². The highest BCUT2D eigenvalue weighted by Gasteiger charge is 2.07. The molecule has 0 spiro atoms. The number of carbonyl (C=O) groups is 1. The molecule has 0 heterocycles. The molecule has 0 aliphatic rings. The summed E-state index contributed by atoms with van der Waals surface area (Å²) >= 11 is 11.9. The van der Waals surface area contributed by atoms with Gasteiger partial charge in [0.15, 0.2) is 6.61 Å². The van der Waals surface area contributed by atoms with E-state index >= 15 is 0 Å². The molecule has 5 nitrogen and oxygen atoms in total. The molecule has 0 saturated heterocycles. The molecule has 0 aromatic heterocycles. The lowest BCUT2D eigenvalue weighted by atomic mass is 10.2. The summed E-state index contributed by atoms with van der Waals surface area (Å²) < 4.78 is 11.1. The first-order valence-electron chi connectivity index (χ1n) is 9.18. The zero-order chi connectivity index (χ0) is 21.3. The Labute approximate surface area is 185 Å². The lowest BCUT2D eigenvalue weighted by molar-refractivity contribution is -0.123. The van der Waals surface area contributed by atoms with Crippen LogP contribution in [-0.2, 0) is 11.4 Å². The minimum atomic E-state index is -0.416. The summed E-state index contributed by atoms with van der Waals surface area (Å²) in [7, 11) is 0. The van der Waals surface area contributed by atoms with Gasteiger partial charge in [-0.25, -0.2) is 5.43 Å². The summed E-state index contributed by atoms with van der Waals surface area (Å²) in [6.45, 7) is 2.32. The van der Waals surface area contributed by atoms with E-state index in [4.69, 9.17) is 32.7 Å². The van der Waals surface area contributed by atoms with Crippen LogP contribution in [0.4, 0.5) is 0 Å². The fraction of sp³-hybridized carbons (Fsp3) is 0.130. The Hall–Kier alpha value is -3.02. The number of carbonyl (C=O) groups excluding carboxylic acids is 1. The van der Waals surface area contributed by atoms with E-state index in [-0.39, 0.29) is 11.6 Å². The maximum absolute atomic E-state index is 11.9. The number of hydrogen-bond donors (Lipinski definition) is 1. The number of ether oxygens (including phenoxy) is 2. The molecule has 0 aliphatic heterocycles. The molecule has 1 amide bonds. The monoisotopic (exact) mass is 442 g/mol. The molecule has 0 fully saturated rings. The Balaban J connectivity index is 1.43. The first-order valence-corrected chi connectivity index (χ1v) is 9.94.